The number of aliphatic hydroxyl groups excluding tert-OH is 1. The van der Waals surface area contributed by atoms with E-state index in [1.807, 2.05) is 6.07 Å². The van der Waals surface area contributed by atoms with Gasteiger partial charge in [-0.15, -0.1) is 11.3 Å². The molecule has 19 heavy (non-hydrogen) atoms. The Morgan fingerprint density at radius 3 is 2.47 bits per heavy atom. The van der Waals surface area contributed by atoms with E-state index in [0.717, 1.165) is 23.6 Å². The molecule has 1 saturated heterocycles. The van der Waals surface area contributed by atoms with E-state index < -0.39 is 0 Å². The molecule has 2 fully saturated rings. The van der Waals surface area contributed by atoms with Crippen LogP contribution in [0.25, 0.3) is 0 Å². The van der Waals surface area contributed by atoms with E-state index in [1.54, 1.807) is 11.3 Å². The topological polar surface area (TPSA) is 23.5 Å². The summed E-state index contributed by atoms with van der Waals surface area (Å²) >= 11 is 7.59. The Labute approximate surface area is 124 Å². The number of aliphatic hydroxyl groups is 1. The number of hydrogen-bond acceptors (Lipinski definition) is 3. The second kappa shape index (κ2) is 5.72. The molecular formula is C15H22ClNOS. The van der Waals surface area contributed by atoms with E-state index in [0.29, 0.717) is 0 Å². The third-order valence-corrected chi connectivity index (χ3v) is 6.10. The third kappa shape index (κ3) is 2.71. The highest BCUT2D eigenvalue weighted by Gasteiger charge is 2.45. The number of rotatable bonds is 4. The van der Waals surface area contributed by atoms with Crippen LogP contribution in [0.5, 0.6) is 0 Å². The number of hydrogen-bond donors (Lipinski definition) is 1. The summed E-state index contributed by atoms with van der Waals surface area (Å²) in [5, 5.41) is 10.8. The van der Waals surface area contributed by atoms with E-state index in [2.05, 4.69) is 11.0 Å². The molecule has 0 spiro atoms. The molecule has 1 aliphatic carbocycles. The molecule has 1 atom stereocenters. The van der Waals surface area contributed by atoms with Crippen LogP contribution in [0.2, 0.25) is 4.34 Å². The molecule has 4 heteroatoms. The van der Waals surface area contributed by atoms with E-state index in [9.17, 15) is 5.11 Å². The summed E-state index contributed by atoms with van der Waals surface area (Å²) in [6.45, 7) is 2.34. The zero-order valence-corrected chi connectivity index (χ0v) is 12.8. The lowest BCUT2D eigenvalue weighted by molar-refractivity contribution is -0.0167. The lowest BCUT2D eigenvalue weighted by Crippen LogP contribution is -2.54. The third-order valence-electron chi connectivity index (χ3n) is 4.85. The summed E-state index contributed by atoms with van der Waals surface area (Å²) < 4.78 is 0.823. The van der Waals surface area contributed by atoms with Crippen molar-refractivity contribution in [2.75, 3.05) is 13.1 Å². The minimum atomic E-state index is -0.247. The van der Waals surface area contributed by atoms with Crippen LogP contribution in [0.15, 0.2) is 12.1 Å². The Morgan fingerprint density at radius 2 is 1.89 bits per heavy atom. The van der Waals surface area contributed by atoms with Gasteiger partial charge in [0, 0.05) is 16.8 Å². The first kappa shape index (κ1) is 13.9. The van der Waals surface area contributed by atoms with Crippen LogP contribution in [0.4, 0.5) is 0 Å². The smallest absolute Gasteiger partial charge is 0.0931 e. The highest BCUT2D eigenvalue weighted by atomic mass is 35.5. The molecule has 0 aromatic carbocycles. The molecule has 1 aromatic rings. The first-order valence-electron chi connectivity index (χ1n) is 7.38. The molecule has 1 N–H and O–H groups in total. The van der Waals surface area contributed by atoms with Gasteiger partial charge in [0.2, 0.25) is 0 Å². The fourth-order valence-corrected chi connectivity index (χ4v) is 4.98. The van der Waals surface area contributed by atoms with Gasteiger partial charge in [0.15, 0.2) is 0 Å². The number of nitrogens with zero attached hydrogens (tertiary/aromatic N) is 1. The maximum Gasteiger partial charge on any atom is 0.0931 e. The van der Waals surface area contributed by atoms with E-state index in [4.69, 9.17) is 11.6 Å². The maximum atomic E-state index is 10.8. The van der Waals surface area contributed by atoms with Gasteiger partial charge in [0.05, 0.1) is 10.4 Å². The zero-order chi connectivity index (χ0) is 13.3. The van der Waals surface area contributed by atoms with Gasteiger partial charge in [-0.3, -0.25) is 4.90 Å². The van der Waals surface area contributed by atoms with Crippen molar-refractivity contribution < 1.29 is 5.11 Å². The van der Waals surface area contributed by atoms with E-state index in [1.165, 1.54) is 43.6 Å². The van der Waals surface area contributed by atoms with Gasteiger partial charge < -0.3 is 5.11 Å². The van der Waals surface area contributed by atoms with Crippen LogP contribution in [0.1, 0.15) is 43.4 Å². The molecule has 106 valence electrons. The monoisotopic (exact) mass is 299 g/mol. The Morgan fingerprint density at radius 1 is 1.21 bits per heavy atom. The predicted octanol–water partition coefficient (Wildman–Crippen LogP) is 3.71. The van der Waals surface area contributed by atoms with Gasteiger partial charge in [-0.2, -0.15) is 0 Å². The van der Waals surface area contributed by atoms with Crippen molar-refractivity contribution in [2.45, 2.75) is 56.6 Å². The highest BCUT2D eigenvalue weighted by molar-refractivity contribution is 7.16. The molecule has 2 aliphatic rings. The van der Waals surface area contributed by atoms with Crippen molar-refractivity contribution in [1.29, 1.82) is 0 Å². The Bertz CT molecular complexity index is 422. The molecule has 3 rings (SSSR count). The summed E-state index contributed by atoms with van der Waals surface area (Å²) in [5.41, 5.74) is 0.0486. The van der Waals surface area contributed by atoms with Crippen molar-refractivity contribution in [3.05, 3.63) is 21.3 Å². The first-order valence-corrected chi connectivity index (χ1v) is 8.57. The average Bonchev–Trinajstić information content (AvgIpc) is 3.09. The van der Waals surface area contributed by atoms with E-state index in [-0.39, 0.29) is 11.6 Å². The average molecular weight is 300 g/mol. The van der Waals surface area contributed by atoms with Gasteiger partial charge in [-0.05, 0) is 50.9 Å². The molecule has 2 nitrogen and oxygen atoms in total. The number of halogens is 1. The molecule has 1 unspecified atom stereocenters. The van der Waals surface area contributed by atoms with Crippen molar-refractivity contribution in [2.24, 2.45) is 0 Å². The van der Waals surface area contributed by atoms with Gasteiger partial charge >= 0.3 is 0 Å². The summed E-state index contributed by atoms with van der Waals surface area (Å²) in [6, 6.07) is 3.99. The van der Waals surface area contributed by atoms with Gasteiger partial charge in [-0.1, -0.05) is 24.4 Å². The van der Waals surface area contributed by atoms with Crippen LogP contribution < -0.4 is 0 Å². The first-order chi connectivity index (χ1) is 9.21. The quantitative estimate of drug-likeness (QED) is 0.916. The fraction of sp³-hybridized carbons (Fsp3) is 0.733. The largest absolute Gasteiger partial charge is 0.391 e. The lowest BCUT2D eigenvalue weighted by atomic mass is 9.86. The number of thiophene rings is 1. The van der Waals surface area contributed by atoms with Gasteiger partial charge in [0.25, 0.3) is 0 Å². The summed E-state index contributed by atoms with van der Waals surface area (Å²) in [4.78, 5) is 3.78. The molecule has 1 aliphatic heterocycles. The predicted molar refractivity (Wildman–Crippen MR) is 81.0 cm³/mol. The standard InChI is InChI=1S/C15H22ClNOS/c16-14-6-5-12(19-14)11-13(18)15(7-1-2-8-15)17-9-3-4-10-17/h5-6,13,18H,1-4,7-11H2. The molecule has 0 bridgehead atoms. The molecule has 1 aromatic heterocycles. The lowest BCUT2D eigenvalue weighted by Gasteiger charge is -2.42. The van der Waals surface area contributed by atoms with Gasteiger partial charge in [-0.25, -0.2) is 0 Å². The van der Waals surface area contributed by atoms with Crippen molar-refractivity contribution in [3.63, 3.8) is 0 Å². The Balaban J connectivity index is 1.75. The molecule has 1 saturated carbocycles. The van der Waals surface area contributed by atoms with E-state index >= 15 is 0 Å². The van der Waals surface area contributed by atoms with Crippen molar-refractivity contribution >= 4 is 22.9 Å². The molecule has 0 amide bonds. The van der Waals surface area contributed by atoms with Crippen LogP contribution in [-0.2, 0) is 6.42 Å². The maximum absolute atomic E-state index is 10.8. The second-order valence-electron chi connectivity index (χ2n) is 5.93. The minimum Gasteiger partial charge on any atom is -0.391 e. The normalized spacial score (nSPS) is 24.9. The fourth-order valence-electron chi connectivity index (χ4n) is 3.85. The summed E-state index contributed by atoms with van der Waals surface area (Å²) in [7, 11) is 0. The van der Waals surface area contributed by atoms with Gasteiger partial charge in [0.1, 0.15) is 0 Å². The Kier molecular flexibility index (Phi) is 4.18. The highest BCUT2D eigenvalue weighted by Crippen LogP contribution is 2.41. The van der Waals surface area contributed by atoms with Crippen LogP contribution >= 0.6 is 22.9 Å². The van der Waals surface area contributed by atoms with Crippen LogP contribution in [0.3, 0.4) is 0 Å². The minimum absolute atomic E-state index is 0.0486. The number of likely N-dealkylation sites (tertiary alicyclic amines) is 1. The van der Waals surface area contributed by atoms with Crippen molar-refractivity contribution in [1.82, 2.24) is 4.90 Å². The molecule has 2 heterocycles. The molecule has 0 radical (unpaired) electrons. The summed E-state index contributed by atoms with van der Waals surface area (Å²) in [5.74, 6) is 0. The Hall–Kier alpha value is -0.0900. The molecular weight excluding hydrogens is 278 g/mol. The SMILES string of the molecule is OC(Cc1ccc(Cl)s1)C1(N2CCCC2)CCCC1. The van der Waals surface area contributed by atoms with Crippen LogP contribution in [-0.4, -0.2) is 34.7 Å². The second-order valence-corrected chi connectivity index (χ2v) is 7.73. The zero-order valence-electron chi connectivity index (χ0n) is 11.3. The van der Waals surface area contributed by atoms with Crippen molar-refractivity contribution in [3.8, 4) is 0 Å². The van der Waals surface area contributed by atoms with Crippen LogP contribution in [0, 0.1) is 0 Å². The summed E-state index contributed by atoms with van der Waals surface area (Å²) in [6.07, 6.45) is 7.94.